The molecule has 1 saturated carbocycles. The third-order valence-corrected chi connectivity index (χ3v) is 3.65. The van der Waals surface area contributed by atoms with Crippen molar-refractivity contribution in [1.29, 1.82) is 0 Å². The highest BCUT2D eigenvalue weighted by Crippen LogP contribution is 2.37. The van der Waals surface area contributed by atoms with Crippen LogP contribution in [0.5, 0.6) is 0 Å². The molecule has 0 spiro atoms. The molecule has 2 N–H and O–H groups in total. The number of aromatic nitrogens is 2. The monoisotopic (exact) mass is 237 g/mol. The van der Waals surface area contributed by atoms with Crippen molar-refractivity contribution in [2.75, 3.05) is 18.5 Å². The van der Waals surface area contributed by atoms with Crippen LogP contribution in [0.1, 0.15) is 25.7 Å². The lowest BCUT2D eigenvalue weighted by Gasteiger charge is -2.26. The van der Waals surface area contributed by atoms with Gasteiger partial charge >= 0.3 is 0 Å². The van der Waals surface area contributed by atoms with Gasteiger partial charge in [0, 0.05) is 31.4 Å². The number of rotatable bonds is 4. The molecule has 5 nitrogen and oxygen atoms in total. The van der Waals surface area contributed by atoms with Gasteiger partial charge in [0.2, 0.25) is 0 Å². The molecule has 0 amide bonds. The molecule has 1 aliphatic rings. The van der Waals surface area contributed by atoms with Crippen molar-refractivity contribution in [1.82, 2.24) is 9.55 Å². The zero-order chi connectivity index (χ0) is 12.3. The van der Waals surface area contributed by atoms with E-state index in [9.17, 15) is 9.90 Å². The lowest BCUT2D eigenvalue weighted by Crippen LogP contribution is -2.33. The summed E-state index contributed by atoms with van der Waals surface area (Å²) < 4.78 is 1.50. The minimum Gasteiger partial charge on any atom is -0.396 e. The molecule has 0 aliphatic heterocycles. The van der Waals surface area contributed by atoms with E-state index in [0.717, 1.165) is 25.7 Å². The second-order valence-corrected chi connectivity index (χ2v) is 4.91. The van der Waals surface area contributed by atoms with Gasteiger partial charge < -0.3 is 15.0 Å². The summed E-state index contributed by atoms with van der Waals surface area (Å²) >= 11 is 0. The number of nitrogens with zero attached hydrogens (tertiary/aromatic N) is 2. The number of aryl methyl sites for hydroxylation is 1. The largest absolute Gasteiger partial charge is 0.396 e. The van der Waals surface area contributed by atoms with Gasteiger partial charge in [-0.25, -0.2) is 4.98 Å². The van der Waals surface area contributed by atoms with Crippen molar-refractivity contribution < 1.29 is 5.11 Å². The van der Waals surface area contributed by atoms with Gasteiger partial charge in [0.15, 0.2) is 5.82 Å². The Kier molecular flexibility index (Phi) is 3.47. The van der Waals surface area contributed by atoms with E-state index in [-0.39, 0.29) is 17.6 Å². The zero-order valence-corrected chi connectivity index (χ0v) is 10.1. The van der Waals surface area contributed by atoms with Crippen LogP contribution in [-0.4, -0.2) is 27.8 Å². The molecular weight excluding hydrogens is 218 g/mol. The quantitative estimate of drug-likeness (QED) is 0.810. The maximum absolute atomic E-state index is 11.7. The lowest BCUT2D eigenvalue weighted by molar-refractivity contribution is 0.142. The average Bonchev–Trinajstić information content (AvgIpc) is 2.81. The first-order chi connectivity index (χ1) is 8.17. The summed E-state index contributed by atoms with van der Waals surface area (Å²) in [6.45, 7) is 0.795. The van der Waals surface area contributed by atoms with Gasteiger partial charge in [-0.15, -0.1) is 0 Å². The molecule has 2 rings (SSSR count). The number of hydrogen-bond donors (Lipinski definition) is 2. The molecular formula is C12H19N3O2. The Morgan fingerprint density at radius 3 is 2.88 bits per heavy atom. The van der Waals surface area contributed by atoms with Crippen LogP contribution < -0.4 is 10.9 Å². The summed E-state index contributed by atoms with van der Waals surface area (Å²) in [5, 5.41) is 12.6. The van der Waals surface area contributed by atoms with E-state index in [1.807, 2.05) is 0 Å². The van der Waals surface area contributed by atoms with Crippen LogP contribution in [0.15, 0.2) is 17.2 Å². The normalized spacial score (nSPS) is 18.2. The van der Waals surface area contributed by atoms with E-state index in [1.165, 1.54) is 4.57 Å². The van der Waals surface area contributed by atoms with E-state index >= 15 is 0 Å². The van der Waals surface area contributed by atoms with E-state index in [1.54, 1.807) is 19.4 Å². The minimum absolute atomic E-state index is 0.0669. The highest BCUT2D eigenvalue weighted by molar-refractivity contribution is 5.31. The zero-order valence-electron chi connectivity index (χ0n) is 10.1. The average molecular weight is 237 g/mol. The fourth-order valence-electron chi connectivity index (χ4n) is 2.41. The fraction of sp³-hybridized carbons (Fsp3) is 0.667. The van der Waals surface area contributed by atoms with Crippen molar-refractivity contribution in [3.05, 3.63) is 22.7 Å². The Labute approximate surface area is 100 Å². The number of aliphatic hydroxyl groups is 1. The van der Waals surface area contributed by atoms with Crippen molar-refractivity contribution in [2.24, 2.45) is 12.5 Å². The second kappa shape index (κ2) is 4.87. The van der Waals surface area contributed by atoms with E-state index in [2.05, 4.69) is 10.3 Å². The Balaban J connectivity index is 2.07. The minimum atomic E-state index is -0.126. The van der Waals surface area contributed by atoms with Crippen LogP contribution in [0.4, 0.5) is 5.82 Å². The molecule has 1 aliphatic carbocycles. The van der Waals surface area contributed by atoms with E-state index in [0.29, 0.717) is 12.4 Å². The highest BCUT2D eigenvalue weighted by atomic mass is 16.3. The molecule has 17 heavy (non-hydrogen) atoms. The van der Waals surface area contributed by atoms with Crippen LogP contribution in [0.2, 0.25) is 0 Å². The Bertz CT molecular complexity index is 436. The molecule has 0 atom stereocenters. The molecule has 0 unspecified atom stereocenters. The Hall–Kier alpha value is -1.36. The number of hydrogen-bond acceptors (Lipinski definition) is 4. The SMILES string of the molecule is Cn1ccnc(NCC2(CO)CCCC2)c1=O. The standard InChI is InChI=1S/C12H19N3O2/c1-15-7-6-13-10(11(15)17)14-8-12(9-16)4-2-3-5-12/h6-7,16H,2-5,8-9H2,1H3,(H,13,14). The molecule has 1 heterocycles. The second-order valence-electron chi connectivity index (χ2n) is 4.91. The predicted octanol–water partition coefficient (Wildman–Crippen LogP) is 0.745. The maximum atomic E-state index is 11.7. The summed E-state index contributed by atoms with van der Waals surface area (Å²) in [5.41, 5.74) is -0.193. The highest BCUT2D eigenvalue weighted by Gasteiger charge is 2.33. The van der Waals surface area contributed by atoms with Gasteiger partial charge in [0.1, 0.15) is 0 Å². The van der Waals surface area contributed by atoms with Crippen molar-refractivity contribution in [3.8, 4) is 0 Å². The molecule has 94 valence electrons. The molecule has 0 bridgehead atoms. The molecule has 1 fully saturated rings. The fourth-order valence-corrected chi connectivity index (χ4v) is 2.41. The van der Waals surface area contributed by atoms with Crippen LogP contribution >= 0.6 is 0 Å². The van der Waals surface area contributed by atoms with Gasteiger partial charge in [0.25, 0.3) is 5.56 Å². The summed E-state index contributed by atoms with van der Waals surface area (Å²) in [5.74, 6) is 0.370. The van der Waals surface area contributed by atoms with Gasteiger partial charge in [-0.05, 0) is 12.8 Å². The van der Waals surface area contributed by atoms with E-state index in [4.69, 9.17) is 0 Å². The number of nitrogens with one attached hydrogen (secondary N) is 1. The smallest absolute Gasteiger partial charge is 0.293 e. The summed E-state index contributed by atoms with van der Waals surface area (Å²) in [4.78, 5) is 15.8. The first kappa shape index (κ1) is 12.1. The van der Waals surface area contributed by atoms with Crippen LogP contribution in [0.25, 0.3) is 0 Å². The van der Waals surface area contributed by atoms with Gasteiger partial charge in [-0.2, -0.15) is 0 Å². The van der Waals surface area contributed by atoms with Crippen molar-refractivity contribution >= 4 is 5.82 Å². The van der Waals surface area contributed by atoms with Crippen molar-refractivity contribution in [3.63, 3.8) is 0 Å². The Morgan fingerprint density at radius 1 is 1.53 bits per heavy atom. The van der Waals surface area contributed by atoms with E-state index < -0.39 is 0 Å². The topological polar surface area (TPSA) is 67.2 Å². The van der Waals surface area contributed by atoms with Gasteiger partial charge in [-0.3, -0.25) is 4.79 Å². The number of aliphatic hydroxyl groups excluding tert-OH is 1. The summed E-state index contributed by atoms with van der Waals surface area (Å²) in [6, 6.07) is 0. The third-order valence-electron chi connectivity index (χ3n) is 3.65. The first-order valence-corrected chi connectivity index (χ1v) is 6.03. The third kappa shape index (κ3) is 2.49. The van der Waals surface area contributed by atoms with Crippen LogP contribution in [0, 0.1) is 5.41 Å². The molecule has 5 heteroatoms. The van der Waals surface area contributed by atoms with Crippen LogP contribution in [0.3, 0.4) is 0 Å². The molecule has 1 aromatic heterocycles. The predicted molar refractivity (Wildman–Crippen MR) is 66.0 cm³/mol. The lowest BCUT2D eigenvalue weighted by atomic mass is 9.87. The Morgan fingerprint density at radius 2 is 2.24 bits per heavy atom. The van der Waals surface area contributed by atoms with Crippen molar-refractivity contribution in [2.45, 2.75) is 25.7 Å². The molecule has 0 radical (unpaired) electrons. The number of anilines is 1. The molecule has 0 aromatic carbocycles. The van der Waals surface area contributed by atoms with Crippen LogP contribution in [-0.2, 0) is 7.05 Å². The summed E-state index contributed by atoms with van der Waals surface area (Å²) in [7, 11) is 1.70. The maximum Gasteiger partial charge on any atom is 0.293 e. The summed E-state index contributed by atoms with van der Waals surface area (Å²) in [6.07, 6.45) is 7.58. The molecule has 0 saturated heterocycles. The molecule has 1 aromatic rings. The van der Waals surface area contributed by atoms with Gasteiger partial charge in [0.05, 0.1) is 6.61 Å². The first-order valence-electron chi connectivity index (χ1n) is 6.03. The van der Waals surface area contributed by atoms with Gasteiger partial charge in [-0.1, -0.05) is 12.8 Å².